The Bertz CT molecular complexity index is 703. The first-order chi connectivity index (χ1) is 10.0. The summed E-state index contributed by atoms with van der Waals surface area (Å²) in [7, 11) is 0. The number of fused-ring (bicyclic) bond motifs is 1. The van der Waals surface area contributed by atoms with Crippen LogP contribution in [-0.4, -0.2) is 32.2 Å². The average molecular weight is 355 g/mol. The first-order valence-corrected chi connectivity index (χ1v) is 6.96. The van der Waals surface area contributed by atoms with Crippen LogP contribution in [-0.2, 0) is 6.54 Å². The lowest BCUT2D eigenvalue weighted by Crippen LogP contribution is -2.34. The molecule has 2 aromatic heterocycles. The summed E-state index contributed by atoms with van der Waals surface area (Å²) >= 11 is 3.37. The van der Waals surface area contributed by atoms with Gasteiger partial charge in [0.05, 0.1) is 12.2 Å². The van der Waals surface area contributed by atoms with Crippen LogP contribution >= 0.6 is 15.9 Å². The van der Waals surface area contributed by atoms with Crippen molar-refractivity contribution >= 4 is 21.7 Å². The number of imidazole rings is 1. The van der Waals surface area contributed by atoms with E-state index < -0.39 is 4.92 Å². The van der Waals surface area contributed by atoms with Gasteiger partial charge in [-0.15, -0.1) is 0 Å². The Morgan fingerprint density at radius 2 is 2.33 bits per heavy atom. The molecule has 0 saturated heterocycles. The highest BCUT2D eigenvalue weighted by Gasteiger charge is 2.29. The summed E-state index contributed by atoms with van der Waals surface area (Å²) in [5.74, 6) is 0.255. The van der Waals surface area contributed by atoms with Gasteiger partial charge in [0.15, 0.2) is 6.10 Å². The van der Waals surface area contributed by atoms with Gasteiger partial charge in [0, 0.05) is 15.5 Å². The molecule has 0 radical (unpaired) electrons. The van der Waals surface area contributed by atoms with Crippen molar-refractivity contribution in [2.75, 3.05) is 6.61 Å². The number of ether oxygens (including phenoxy) is 2. The zero-order valence-corrected chi connectivity index (χ0v) is 12.6. The molecule has 0 aliphatic carbocycles. The Kier molecular flexibility index (Phi) is 3.50. The van der Waals surface area contributed by atoms with Gasteiger partial charge in [0.25, 0.3) is 0 Å². The third kappa shape index (κ3) is 2.82. The van der Waals surface area contributed by atoms with E-state index in [4.69, 9.17) is 9.47 Å². The molecule has 8 nitrogen and oxygen atoms in total. The molecule has 1 aliphatic heterocycles. The van der Waals surface area contributed by atoms with Crippen molar-refractivity contribution in [3.05, 3.63) is 38.6 Å². The average Bonchev–Trinajstić information content (AvgIpc) is 2.86. The van der Waals surface area contributed by atoms with Crippen molar-refractivity contribution in [1.82, 2.24) is 14.5 Å². The number of aromatic nitrogens is 3. The van der Waals surface area contributed by atoms with E-state index in [9.17, 15) is 10.1 Å². The lowest BCUT2D eigenvalue weighted by molar-refractivity contribution is -0.389. The molecule has 0 saturated carbocycles. The van der Waals surface area contributed by atoms with Crippen molar-refractivity contribution in [2.24, 2.45) is 0 Å². The fourth-order valence-corrected chi connectivity index (χ4v) is 2.21. The zero-order chi connectivity index (χ0) is 15.0. The van der Waals surface area contributed by atoms with Crippen LogP contribution in [0.1, 0.15) is 5.69 Å². The van der Waals surface area contributed by atoms with E-state index >= 15 is 0 Å². The molecule has 9 heteroatoms. The van der Waals surface area contributed by atoms with E-state index in [0.717, 1.165) is 10.2 Å². The van der Waals surface area contributed by atoms with E-state index in [2.05, 4.69) is 25.9 Å². The van der Waals surface area contributed by atoms with Gasteiger partial charge in [0.1, 0.15) is 12.8 Å². The largest absolute Gasteiger partial charge is 0.469 e. The predicted molar refractivity (Wildman–Crippen MR) is 75.5 cm³/mol. The molecule has 0 spiro atoms. The van der Waals surface area contributed by atoms with Crippen molar-refractivity contribution in [3.63, 3.8) is 0 Å². The summed E-state index contributed by atoms with van der Waals surface area (Å²) in [6.45, 7) is 2.56. The lowest BCUT2D eigenvalue weighted by atomic mass is 10.3. The Morgan fingerprint density at radius 1 is 1.52 bits per heavy atom. The Labute approximate surface area is 128 Å². The maximum absolute atomic E-state index is 10.7. The number of rotatable bonds is 3. The minimum absolute atomic E-state index is 0.233. The van der Waals surface area contributed by atoms with E-state index in [1.54, 1.807) is 10.6 Å². The van der Waals surface area contributed by atoms with Crippen LogP contribution in [0.2, 0.25) is 0 Å². The molecule has 1 aliphatic rings. The molecule has 3 rings (SSSR count). The van der Waals surface area contributed by atoms with E-state index in [1.165, 1.54) is 6.20 Å². The number of pyridine rings is 1. The summed E-state index contributed by atoms with van der Waals surface area (Å²) in [5.41, 5.74) is 0.822. The van der Waals surface area contributed by atoms with Crippen molar-refractivity contribution in [3.8, 4) is 11.9 Å². The Hall–Kier alpha value is -2.16. The molecule has 0 fully saturated rings. The van der Waals surface area contributed by atoms with Crippen LogP contribution in [0.4, 0.5) is 5.82 Å². The minimum atomic E-state index is -0.551. The number of halogens is 1. The smallest absolute Gasteiger partial charge is 0.414 e. The fourth-order valence-electron chi connectivity index (χ4n) is 1.99. The third-order valence-corrected chi connectivity index (χ3v) is 3.83. The molecule has 21 heavy (non-hydrogen) atoms. The van der Waals surface area contributed by atoms with Gasteiger partial charge in [0.2, 0.25) is 5.88 Å². The van der Waals surface area contributed by atoms with Gasteiger partial charge in [-0.1, -0.05) is 0 Å². The van der Waals surface area contributed by atoms with Crippen LogP contribution in [0.3, 0.4) is 0 Å². The summed E-state index contributed by atoms with van der Waals surface area (Å²) in [5, 5.41) is 10.7. The van der Waals surface area contributed by atoms with Gasteiger partial charge in [-0.2, -0.15) is 0 Å². The van der Waals surface area contributed by atoms with Gasteiger partial charge >= 0.3 is 11.8 Å². The minimum Gasteiger partial charge on any atom is -0.469 e. The molecule has 0 bridgehead atoms. The first kappa shape index (κ1) is 13.8. The van der Waals surface area contributed by atoms with Gasteiger partial charge in [-0.3, -0.25) is 4.57 Å². The second kappa shape index (κ2) is 5.32. The van der Waals surface area contributed by atoms with Gasteiger partial charge in [-0.05, 0) is 33.8 Å². The molecule has 0 unspecified atom stereocenters. The topological polar surface area (TPSA) is 92.3 Å². The molecule has 0 amide bonds. The predicted octanol–water partition coefficient (Wildman–Crippen LogP) is 2.10. The van der Waals surface area contributed by atoms with Crippen molar-refractivity contribution in [1.29, 1.82) is 0 Å². The van der Waals surface area contributed by atoms with E-state index in [-0.39, 0.29) is 24.5 Å². The number of aryl methyl sites for hydroxylation is 1. The summed E-state index contributed by atoms with van der Waals surface area (Å²) in [4.78, 5) is 18.2. The van der Waals surface area contributed by atoms with E-state index in [1.807, 2.05) is 13.0 Å². The molecular weight excluding hydrogens is 344 g/mol. The quantitative estimate of drug-likeness (QED) is 0.618. The summed E-state index contributed by atoms with van der Waals surface area (Å²) < 4.78 is 13.6. The molecular formula is C12H11BrN4O4. The van der Waals surface area contributed by atoms with Crippen molar-refractivity contribution < 1.29 is 14.4 Å². The number of hydrogen-bond acceptors (Lipinski definition) is 6. The molecule has 1 atom stereocenters. The summed E-state index contributed by atoms with van der Waals surface area (Å²) in [6.07, 6.45) is 1.06. The number of nitro groups is 1. The molecule has 110 valence electrons. The van der Waals surface area contributed by atoms with Crippen LogP contribution < -0.4 is 9.47 Å². The number of nitrogens with zero attached hydrogens (tertiary/aromatic N) is 4. The molecule has 0 N–H and O–H groups in total. The fraction of sp³-hybridized carbons (Fsp3) is 0.333. The second-order valence-electron chi connectivity index (χ2n) is 4.56. The highest BCUT2D eigenvalue weighted by atomic mass is 79.9. The first-order valence-electron chi connectivity index (χ1n) is 6.17. The molecule has 3 heterocycles. The van der Waals surface area contributed by atoms with Crippen LogP contribution in [0.25, 0.3) is 0 Å². The highest BCUT2D eigenvalue weighted by Crippen LogP contribution is 2.24. The maximum atomic E-state index is 10.7. The third-order valence-electron chi connectivity index (χ3n) is 3.00. The lowest BCUT2D eigenvalue weighted by Gasteiger charge is -2.22. The van der Waals surface area contributed by atoms with Crippen LogP contribution in [0, 0.1) is 17.0 Å². The highest BCUT2D eigenvalue weighted by molar-refractivity contribution is 9.10. The maximum Gasteiger partial charge on any atom is 0.414 e. The Balaban J connectivity index is 1.73. The normalized spacial score (nSPS) is 17.0. The van der Waals surface area contributed by atoms with Crippen molar-refractivity contribution in [2.45, 2.75) is 19.6 Å². The molecule has 2 aromatic rings. The van der Waals surface area contributed by atoms with Gasteiger partial charge in [-0.25, -0.2) is 4.98 Å². The second-order valence-corrected chi connectivity index (χ2v) is 5.41. The van der Waals surface area contributed by atoms with Gasteiger partial charge < -0.3 is 19.6 Å². The standard InChI is InChI=1S/C12H11BrN4O4/c1-7-9(13)2-3-11(14-7)21-8-4-16-5-10(17(18)19)15-12(16)20-6-8/h2-3,5,8H,4,6H2,1H3/t8-/m0/s1. The van der Waals surface area contributed by atoms with Crippen LogP contribution in [0.15, 0.2) is 22.8 Å². The van der Waals surface area contributed by atoms with E-state index in [0.29, 0.717) is 12.4 Å². The van der Waals surface area contributed by atoms with Crippen LogP contribution in [0.5, 0.6) is 11.9 Å². The zero-order valence-electron chi connectivity index (χ0n) is 11.0. The monoisotopic (exact) mass is 354 g/mol. The summed E-state index contributed by atoms with van der Waals surface area (Å²) in [6, 6.07) is 3.85. The molecule has 0 aromatic carbocycles. The SMILES string of the molecule is Cc1nc(O[C@@H]2COc3nc([N+](=O)[O-])cn3C2)ccc1Br. The Morgan fingerprint density at radius 3 is 3.05 bits per heavy atom. The number of hydrogen-bond donors (Lipinski definition) is 0.